The van der Waals surface area contributed by atoms with Crippen LogP contribution in [0, 0.1) is 5.92 Å². The predicted molar refractivity (Wildman–Crippen MR) is 136 cm³/mol. The number of hydrogen-bond donors (Lipinski definition) is 3. The molecule has 1 aromatic rings. The van der Waals surface area contributed by atoms with E-state index in [0.29, 0.717) is 42.4 Å². The molecule has 1 rings (SSSR count). The van der Waals surface area contributed by atoms with Crippen LogP contribution in [-0.4, -0.2) is 36.0 Å². The van der Waals surface area contributed by atoms with E-state index < -0.39 is 0 Å². The minimum absolute atomic E-state index is 0.125. The van der Waals surface area contributed by atoms with Crippen LogP contribution in [0.5, 0.6) is 0 Å². The van der Waals surface area contributed by atoms with Gasteiger partial charge in [-0.05, 0) is 5.92 Å². The summed E-state index contributed by atoms with van der Waals surface area (Å²) in [6.07, 6.45) is 22.1. The Morgan fingerprint density at radius 3 is 1.44 bits per heavy atom. The van der Waals surface area contributed by atoms with E-state index in [0.717, 1.165) is 12.3 Å². The van der Waals surface area contributed by atoms with Crippen molar-refractivity contribution < 1.29 is 47.3 Å². The van der Waals surface area contributed by atoms with E-state index in [1.165, 1.54) is 77.0 Å². The molecule has 0 aliphatic heterocycles. The van der Waals surface area contributed by atoms with Gasteiger partial charge in [0.2, 0.25) is 0 Å². The van der Waals surface area contributed by atoms with Gasteiger partial charge in [-0.2, -0.15) is 24.1 Å². The molecule has 34 heavy (non-hydrogen) atoms. The van der Waals surface area contributed by atoms with Crippen molar-refractivity contribution in [3.63, 3.8) is 0 Å². The van der Waals surface area contributed by atoms with Crippen molar-refractivity contribution in [2.24, 2.45) is 5.92 Å². The molecule has 7 heteroatoms. The summed E-state index contributed by atoms with van der Waals surface area (Å²) in [5, 5.41) is 15.2. The Balaban J connectivity index is -0.000000524. The molecule has 1 aromatic carbocycles. The van der Waals surface area contributed by atoms with Crippen LogP contribution in [0.15, 0.2) is 24.3 Å². The van der Waals surface area contributed by atoms with Crippen LogP contribution < -0.4 is 5.73 Å². The number of hydrogen-bond acceptors (Lipinski definition) is 6. The maximum absolute atomic E-state index is 10.0. The van der Waals surface area contributed by atoms with Crippen molar-refractivity contribution in [2.45, 2.75) is 104 Å². The van der Waals surface area contributed by atoms with Crippen LogP contribution in [0.2, 0.25) is 0 Å². The number of unbranched alkanes of at least 4 members (excludes halogenated alkanes) is 12. The van der Waals surface area contributed by atoms with E-state index in [2.05, 4.69) is 13.8 Å². The molecule has 0 unspecified atom stereocenters. The van der Waals surface area contributed by atoms with E-state index in [-0.39, 0.29) is 13.2 Å². The van der Waals surface area contributed by atoms with Gasteiger partial charge in [-0.25, -0.2) is 0 Å². The van der Waals surface area contributed by atoms with Gasteiger partial charge in [-0.1, -0.05) is 109 Å². The fraction of sp³-hybridized carbons (Fsp3) is 0.704. The van der Waals surface area contributed by atoms with Crippen LogP contribution in [0.3, 0.4) is 0 Å². The van der Waals surface area contributed by atoms with Gasteiger partial charge in [-0.3, -0.25) is 6.29 Å². The third-order valence-electron chi connectivity index (χ3n) is 4.94. The molecule has 0 aromatic heterocycles. The average Bonchev–Trinajstić information content (AvgIpc) is 2.86. The topological polar surface area (TPSA) is 118 Å². The second kappa shape index (κ2) is 34.1. The first kappa shape index (κ1) is 37.5. The molecule has 0 aliphatic carbocycles. The second-order valence-electron chi connectivity index (χ2n) is 8.49. The summed E-state index contributed by atoms with van der Waals surface area (Å²) in [6.45, 7) is 4.38. The molecule has 0 fully saturated rings. The predicted octanol–water partition coefficient (Wildman–Crippen LogP) is 5.79. The molecular formula is C27H47NO5Zr. The third kappa shape index (κ3) is 35.6. The molecule has 0 saturated heterocycles. The molecule has 0 spiro atoms. The fourth-order valence-corrected chi connectivity index (χ4v) is 3.07. The molecule has 0 radical (unpaired) electrons. The Kier molecular flexibility index (Phi) is 37.7. The summed E-state index contributed by atoms with van der Waals surface area (Å²) in [7, 11) is 0. The fourth-order valence-electron chi connectivity index (χ4n) is 3.07. The second-order valence-corrected chi connectivity index (χ2v) is 8.49. The number of benzene rings is 1. The Hall–Kier alpha value is -1.04. The molecule has 0 amide bonds. The quantitative estimate of drug-likeness (QED) is 0.127. The van der Waals surface area contributed by atoms with E-state index in [4.69, 9.17) is 18.8 Å². The number of aliphatic hydroxyl groups is 2. The zero-order valence-corrected chi connectivity index (χ0v) is 23.9. The number of aliphatic hydroxyl groups excluding tert-OH is 2. The Bertz CT molecular complexity index is 524. The molecule has 6 nitrogen and oxygen atoms in total. The Morgan fingerprint density at radius 2 is 1.12 bits per heavy atom. The number of nitrogens with two attached hydrogens (primary N) is 1. The van der Waals surface area contributed by atoms with Gasteiger partial charge in [-0.15, -0.1) is 0 Å². The Labute approximate surface area is 223 Å². The van der Waals surface area contributed by atoms with Crippen LogP contribution in [0.25, 0.3) is 0 Å². The normalized spacial score (nSPS) is 9.62. The first-order valence-electron chi connectivity index (χ1n) is 12.5. The van der Waals surface area contributed by atoms with Crippen LogP contribution in [-0.2, 0) is 37.1 Å². The zero-order chi connectivity index (χ0) is 26.3. The average molecular weight is 557 g/mol. The van der Waals surface area contributed by atoms with Crippen LogP contribution >= 0.6 is 0 Å². The van der Waals surface area contributed by atoms with Crippen molar-refractivity contribution in [1.82, 2.24) is 0 Å². The van der Waals surface area contributed by atoms with Gasteiger partial charge in [0.05, 0.1) is 19.5 Å². The summed E-state index contributed by atoms with van der Waals surface area (Å²) < 4.78 is 8.34. The standard InChI is InChI=1S/C18H35O.C7H6NO.C2H6O2.O.Zr/c1-18(2)16-14-12-10-8-6-4-3-5-7-9-11-13-15-17-19;8-7-3-1-6(5-9)2-4-7;3-1-2-4;;/h18H,3-16H2,1-2H3;1-4H,8H2;3-4H,1-2H2;;/q2*-1;;;+2. The summed E-state index contributed by atoms with van der Waals surface area (Å²) in [6, 6.07) is 6.59. The molecule has 194 valence electrons. The molecular weight excluding hydrogens is 510 g/mol. The zero-order valence-electron chi connectivity index (χ0n) is 21.4. The maximum atomic E-state index is 10.0. The number of carbonyl (C=O) groups excluding carboxylic acids is 2. The van der Waals surface area contributed by atoms with Gasteiger partial charge in [0.15, 0.2) is 0 Å². The van der Waals surface area contributed by atoms with E-state index >= 15 is 0 Å². The monoisotopic (exact) mass is 555 g/mol. The van der Waals surface area contributed by atoms with Crippen molar-refractivity contribution in [1.29, 1.82) is 0 Å². The van der Waals surface area contributed by atoms with Gasteiger partial charge >= 0.3 is 27.5 Å². The van der Waals surface area contributed by atoms with Crippen molar-refractivity contribution >= 4 is 18.3 Å². The van der Waals surface area contributed by atoms with E-state index in [1.807, 2.05) is 6.29 Å². The van der Waals surface area contributed by atoms with Gasteiger partial charge in [0.1, 0.15) is 0 Å². The first-order chi connectivity index (χ1) is 16.5. The summed E-state index contributed by atoms with van der Waals surface area (Å²) >= 11 is 0.300. The Morgan fingerprint density at radius 1 is 0.735 bits per heavy atom. The molecule has 4 N–H and O–H groups in total. The van der Waals surface area contributed by atoms with Crippen LogP contribution in [0.1, 0.15) is 109 Å². The molecule has 0 heterocycles. The van der Waals surface area contributed by atoms with Gasteiger partial charge in [0.25, 0.3) is 0 Å². The van der Waals surface area contributed by atoms with E-state index in [9.17, 15) is 9.59 Å². The molecule has 0 bridgehead atoms. The summed E-state index contributed by atoms with van der Waals surface area (Å²) in [5.41, 5.74) is 6.54. The number of nitrogen functional groups attached to an aromatic ring is 1. The third-order valence-corrected chi connectivity index (χ3v) is 4.94. The first-order valence-corrected chi connectivity index (χ1v) is 13.5. The number of rotatable bonds is 17. The summed E-state index contributed by atoms with van der Waals surface area (Å²) in [4.78, 5) is 20.0. The molecule has 0 atom stereocenters. The van der Waals surface area contributed by atoms with Crippen molar-refractivity contribution in [2.75, 3.05) is 18.9 Å². The SMILES string of the molecule is CC(C)CCCCCCCCCCCCCC[C-]=O.Nc1ccc([C-]=O)cc1.OCCO.[O]=[Zr+2]. The molecule has 0 saturated carbocycles. The summed E-state index contributed by atoms with van der Waals surface area (Å²) in [5.74, 6) is 0.879. The van der Waals surface area contributed by atoms with E-state index in [1.54, 1.807) is 30.6 Å². The molecule has 0 aliphatic rings. The number of anilines is 1. The van der Waals surface area contributed by atoms with Crippen molar-refractivity contribution in [3.8, 4) is 0 Å². The van der Waals surface area contributed by atoms with Crippen LogP contribution in [0.4, 0.5) is 5.69 Å². The van der Waals surface area contributed by atoms with Gasteiger partial charge in [0, 0.05) is 5.69 Å². The minimum atomic E-state index is -0.125. The van der Waals surface area contributed by atoms with Crippen molar-refractivity contribution in [3.05, 3.63) is 29.8 Å². The van der Waals surface area contributed by atoms with Gasteiger partial charge < -0.3 is 25.5 Å².